The Morgan fingerprint density at radius 3 is 2.68 bits per heavy atom. The summed E-state index contributed by atoms with van der Waals surface area (Å²) >= 11 is 0. The molecule has 0 aliphatic rings. The number of nitrogen functional groups attached to an aromatic ring is 1. The quantitative estimate of drug-likeness (QED) is 0.627. The Morgan fingerprint density at radius 1 is 1.37 bits per heavy atom. The number of para-hydroxylation sites is 1. The van der Waals surface area contributed by atoms with Gasteiger partial charge in [-0.3, -0.25) is 0 Å². The van der Waals surface area contributed by atoms with Crippen LogP contribution in [0.5, 0.6) is 5.75 Å². The van der Waals surface area contributed by atoms with Crippen LogP contribution in [-0.2, 0) is 4.74 Å². The molecule has 0 saturated carbocycles. The lowest BCUT2D eigenvalue weighted by Crippen LogP contribution is -2.26. The highest BCUT2D eigenvalue weighted by molar-refractivity contribution is 5.73. The summed E-state index contributed by atoms with van der Waals surface area (Å²) in [6.45, 7) is 4.52. The second kappa shape index (κ2) is 7.86. The summed E-state index contributed by atoms with van der Waals surface area (Å²) in [6, 6.07) is 5.64. The van der Waals surface area contributed by atoms with E-state index in [9.17, 15) is 0 Å². The van der Waals surface area contributed by atoms with Crippen molar-refractivity contribution in [1.82, 2.24) is 0 Å². The fourth-order valence-electron chi connectivity index (χ4n) is 1.80. The molecule has 5 heteroatoms. The van der Waals surface area contributed by atoms with Gasteiger partial charge in [0.1, 0.15) is 5.75 Å². The number of hydrogen-bond acceptors (Lipinski definition) is 5. The first-order valence-electron chi connectivity index (χ1n) is 6.50. The van der Waals surface area contributed by atoms with Gasteiger partial charge in [-0.05, 0) is 32.4 Å². The van der Waals surface area contributed by atoms with Gasteiger partial charge in [-0.15, -0.1) is 0 Å². The Morgan fingerprint density at radius 2 is 2.11 bits per heavy atom. The van der Waals surface area contributed by atoms with E-state index in [0.29, 0.717) is 24.5 Å². The lowest BCUT2D eigenvalue weighted by atomic mass is 10.2. The zero-order valence-corrected chi connectivity index (χ0v) is 11.8. The lowest BCUT2D eigenvalue weighted by Gasteiger charge is -2.21. The predicted octanol–water partition coefficient (Wildman–Crippen LogP) is 1.87. The fourth-order valence-corrected chi connectivity index (χ4v) is 1.80. The Labute approximate surface area is 114 Å². The van der Waals surface area contributed by atoms with E-state index < -0.39 is 0 Å². The van der Waals surface area contributed by atoms with Crippen molar-refractivity contribution < 1.29 is 14.6 Å². The highest BCUT2D eigenvalue weighted by atomic mass is 16.5. The van der Waals surface area contributed by atoms with Crippen molar-refractivity contribution >= 4 is 11.4 Å². The molecule has 0 radical (unpaired) electrons. The molecule has 1 aromatic rings. The summed E-state index contributed by atoms with van der Waals surface area (Å²) in [4.78, 5) is 0. The molecule has 0 saturated heterocycles. The van der Waals surface area contributed by atoms with Crippen LogP contribution in [0.3, 0.4) is 0 Å². The van der Waals surface area contributed by atoms with Crippen LogP contribution in [0.25, 0.3) is 0 Å². The molecule has 0 spiro atoms. The molecule has 1 aromatic carbocycles. The zero-order valence-electron chi connectivity index (χ0n) is 11.8. The first-order chi connectivity index (χ1) is 9.08. The third-order valence-corrected chi connectivity index (χ3v) is 2.63. The van der Waals surface area contributed by atoms with Gasteiger partial charge in [0.25, 0.3) is 0 Å². The number of ether oxygens (including phenoxy) is 2. The molecular formula is C14H24N2O3. The van der Waals surface area contributed by atoms with Crippen molar-refractivity contribution in [3.63, 3.8) is 0 Å². The minimum absolute atomic E-state index is 0.0200. The predicted molar refractivity (Wildman–Crippen MR) is 77.6 cm³/mol. The van der Waals surface area contributed by atoms with E-state index in [1.165, 1.54) is 0 Å². The number of anilines is 2. The van der Waals surface area contributed by atoms with E-state index in [4.69, 9.17) is 20.3 Å². The molecule has 0 aliphatic heterocycles. The average molecular weight is 268 g/mol. The van der Waals surface area contributed by atoms with Crippen LogP contribution in [-0.4, -0.2) is 37.6 Å². The highest BCUT2D eigenvalue weighted by Crippen LogP contribution is 2.30. The summed E-state index contributed by atoms with van der Waals surface area (Å²) in [5, 5.41) is 12.3. The van der Waals surface area contributed by atoms with Gasteiger partial charge in [-0.25, -0.2) is 0 Å². The Bertz CT molecular complexity index is 377. The van der Waals surface area contributed by atoms with Crippen LogP contribution in [0.2, 0.25) is 0 Å². The molecule has 1 unspecified atom stereocenters. The van der Waals surface area contributed by atoms with Gasteiger partial charge < -0.3 is 25.6 Å². The van der Waals surface area contributed by atoms with Crippen LogP contribution < -0.4 is 15.8 Å². The topological polar surface area (TPSA) is 76.7 Å². The Hall–Kier alpha value is -1.46. The van der Waals surface area contributed by atoms with E-state index in [0.717, 1.165) is 5.69 Å². The highest BCUT2D eigenvalue weighted by Gasteiger charge is 2.12. The number of aliphatic hydroxyl groups is 1. The van der Waals surface area contributed by atoms with E-state index >= 15 is 0 Å². The number of hydrogen-bond donors (Lipinski definition) is 3. The van der Waals surface area contributed by atoms with Gasteiger partial charge in [-0.1, -0.05) is 6.07 Å². The number of nitrogens with one attached hydrogen (secondary N) is 1. The van der Waals surface area contributed by atoms with Crippen molar-refractivity contribution in [3.05, 3.63) is 18.2 Å². The monoisotopic (exact) mass is 268 g/mol. The van der Waals surface area contributed by atoms with Crippen LogP contribution in [0.1, 0.15) is 20.3 Å². The minimum atomic E-state index is 0.0200. The van der Waals surface area contributed by atoms with Gasteiger partial charge in [0.15, 0.2) is 0 Å². The van der Waals surface area contributed by atoms with Gasteiger partial charge in [0, 0.05) is 13.7 Å². The third-order valence-electron chi connectivity index (χ3n) is 2.63. The number of nitrogens with two attached hydrogens (primary N) is 1. The van der Waals surface area contributed by atoms with Gasteiger partial charge in [0.2, 0.25) is 0 Å². The average Bonchev–Trinajstić information content (AvgIpc) is 2.34. The van der Waals surface area contributed by atoms with Gasteiger partial charge >= 0.3 is 0 Å². The number of rotatable bonds is 8. The smallest absolute Gasteiger partial charge is 0.144 e. The minimum Gasteiger partial charge on any atom is -0.489 e. The van der Waals surface area contributed by atoms with Crippen molar-refractivity contribution in [2.75, 3.05) is 31.4 Å². The van der Waals surface area contributed by atoms with Crippen molar-refractivity contribution in [2.24, 2.45) is 0 Å². The summed E-state index contributed by atoms with van der Waals surface area (Å²) in [7, 11) is 1.63. The van der Waals surface area contributed by atoms with E-state index in [1.54, 1.807) is 7.11 Å². The molecule has 0 amide bonds. The van der Waals surface area contributed by atoms with E-state index in [1.807, 2.05) is 32.0 Å². The molecule has 0 heterocycles. The SMILES string of the molecule is COCC(CCO)Nc1cccc(OC(C)C)c1N. The second-order valence-electron chi connectivity index (χ2n) is 4.69. The number of benzene rings is 1. The molecule has 5 nitrogen and oxygen atoms in total. The first-order valence-corrected chi connectivity index (χ1v) is 6.50. The second-order valence-corrected chi connectivity index (χ2v) is 4.69. The molecule has 4 N–H and O–H groups in total. The zero-order chi connectivity index (χ0) is 14.3. The molecule has 0 aliphatic carbocycles. The fraction of sp³-hybridized carbons (Fsp3) is 0.571. The molecule has 0 fully saturated rings. The van der Waals surface area contributed by atoms with E-state index in [-0.39, 0.29) is 18.8 Å². The summed E-state index contributed by atoms with van der Waals surface area (Å²) in [5.74, 6) is 0.667. The molecule has 0 aromatic heterocycles. The molecule has 0 bridgehead atoms. The van der Waals surface area contributed by atoms with Crippen LogP contribution in [0.15, 0.2) is 18.2 Å². The van der Waals surface area contributed by atoms with Gasteiger partial charge in [-0.2, -0.15) is 0 Å². The molecule has 19 heavy (non-hydrogen) atoms. The largest absolute Gasteiger partial charge is 0.489 e. The normalized spacial score (nSPS) is 12.5. The molecule has 108 valence electrons. The maximum Gasteiger partial charge on any atom is 0.144 e. The van der Waals surface area contributed by atoms with E-state index in [2.05, 4.69) is 5.32 Å². The van der Waals surface area contributed by atoms with Crippen molar-refractivity contribution in [3.8, 4) is 5.75 Å². The first kappa shape index (κ1) is 15.6. The summed E-state index contributed by atoms with van der Waals surface area (Å²) < 4.78 is 10.8. The molecule has 1 atom stereocenters. The maximum atomic E-state index is 9.03. The van der Waals surface area contributed by atoms with Crippen LogP contribution in [0.4, 0.5) is 11.4 Å². The number of methoxy groups -OCH3 is 1. The van der Waals surface area contributed by atoms with Crippen LogP contribution in [0, 0.1) is 0 Å². The summed E-state index contributed by atoms with van der Waals surface area (Å²) in [5.41, 5.74) is 7.46. The van der Waals surface area contributed by atoms with Crippen LogP contribution >= 0.6 is 0 Å². The third kappa shape index (κ3) is 4.96. The Balaban J connectivity index is 2.81. The summed E-state index contributed by atoms with van der Waals surface area (Å²) in [6.07, 6.45) is 0.674. The Kier molecular flexibility index (Phi) is 6.45. The van der Waals surface area contributed by atoms with Crippen molar-refractivity contribution in [2.45, 2.75) is 32.4 Å². The lowest BCUT2D eigenvalue weighted by molar-refractivity contribution is 0.170. The maximum absolute atomic E-state index is 9.03. The van der Waals surface area contributed by atoms with Gasteiger partial charge in [0.05, 0.1) is 30.1 Å². The molecular weight excluding hydrogens is 244 g/mol. The van der Waals surface area contributed by atoms with Crippen molar-refractivity contribution in [1.29, 1.82) is 0 Å². The molecule has 1 rings (SSSR count). The standard InChI is InChI=1S/C14H24N2O3/c1-10(2)19-13-6-4-5-12(14(13)15)16-11(7-8-17)9-18-3/h4-6,10-11,16-17H,7-9,15H2,1-3H3. The number of aliphatic hydroxyl groups excluding tert-OH is 1.